The second kappa shape index (κ2) is 7.92. The van der Waals surface area contributed by atoms with E-state index in [1.807, 2.05) is 61.0 Å². The summed E-state index contributed by atoms with van der Waals surface area (Å²) in [6.45, 7) is 1.32. The minimum absolute atomic E-state index is 0.660. The minimum Gasteiger partial charge on any atom is -0.291 e. The minimum atomic E-state index is 0.660. The quantitative estimate of drug-likeness (QED) is 0.477. The molecule has 0 spiro atoms. The van der Waals surface area contributed by atoms with Crippen LogP contribution in [-0.4, -0.2) is 25.5 Å². The van der Waals surface area contributed by atoms with Gasteiger partial charge in [-0.3, -0.25) is 9.98 Å². The van der Waals surface area contributed by atoms with E-state index in [-0.39, 0.29) is 0 Å². The van der Waals surface area contributed by atoms with Gasteiger partial charge in [-0.15, -0.1) is 25.3 Å². The highest BCUT2D eigenvalue weighted by molar-refractivity contribution is 7.80. The van der Waals surface area contributed by atoms with Crippen molar-refractivity contribution in [2.24, 2.45) is 9.98 Å². The van der Waals surface area contributed by atoms with E-state index in [4.69, 9.17) is 0 Å². The molecule has 0 N–H and O–H groups in total. The van der Waals surface area contributed by atoms with E-state index in [0.29, 0.717) is 13.1 Å². The van der Waals surface area contributed by atoms with Crippen molar-refractivity contribution >= 4 is 37.7 Å². The number of hydrogen-bond donors (Lipinski definition) is 2. The molecule has 0 saturated carbocycles. The van der Waals surface area contributed by atoms with E-state index >= 15 is 0 Å². The van der Waals surface area contributed by atoms with Crippen LogP contribution in [0.4, 0.5) is 0 Å². The Morgan fingerprint density at radius 3 is 1.50 bits per heavy atom. The number of rotatable bonds is 5. The average Bonchev–Trinajstić information content (AvgIpc) is 2.46. The van der Waals surface area contributed by atoms with Crippen LogP contribution in [0.1, 0.15) is 11.1 Å². The van der Waals surface area contributed by atoms with Gasteiger partial charge in [0.15, 0.2) is 0 Å². The van der Waals surface area contributed by atoms with E-state index < -0.39 is 0 Å². The van der Waals surface area contributed by atoms with Crippen molar-refractivity contribution < 1.29 is 0 Å². The molecule has 2 aromatic carbocycles. The first-order valence-corrected chi connectivity index (χ1v) is 7.22. The lowest BCUT2D eigenvalue weighted by Crippen LogP contribution is -1.91. The molecule has 102 valence electrons. The van der Waals surface area contributed by atoms with Crippen LogP contribution in [0, 0.1) is 0 Å². The van der Waals surface area contributed by atoms with Gasteiger partial charge in [-0.25, -0.2) is 0 Å². The number of benzene rings is 2. The summed E-state index contributed by atoms with van der Waals surface area (Å²) >= 11 is 8.74. The molecule has 0 heterocycles. The third kappa shape index (κ3) is 4.54. The van der Waals surface area contributed by atoms with Crippen LogP contribution in [0.2, 0.25) is 0 Å². The Labute approximate surface area is 130 Å². The lowest BCUT2D eigenvalue weighted by molar-refractivity contribution is 0.984. The van der Waals surface area contributed by atoms with Crippen molar-refractivity contribution in [3.8, 4) is 0 Å². The lowest BCUT2D eigenvalue weighted by atomic mass is 10.2. The highest BCUT2D eigenvalue weighted by Crippen LogP contribution is 2.11. The fourth-order valence-corrected chi connectivity index (χ4v) is 2.07. The Hall–Kier alpha value is -1.52. The average molecular weight is 300 g/mol. The normalized spacial score (nSPS) is 11.5. The van der Waals surface area contributed by atoms with Gasteiger partial charge >= 0.3 is 0 Å². The van der Waals surface area contributed by atoms with Crippen LogP contribution < -0.4 is 0 Å². The summed E-state index contributed by atoms with van der Waals surface area (Å²) in [4.78, 5) is 10.6. The molecule has 0 atom stereocenters. The summed E-state index contributed by atoms with van der Waals surface area (Å²) in [5, 5.41) is 0. The van der Waals surface area contributed by atoms with Crippen LogP contribution in [0.5, 0.6) is 0 Å². The smallest absolute Gasteiger partial charge is 0.0585 e. The van der Waals surface area contributed by atoms with Crippen molar-refractivity contribution in [2.45, 2.75) is 9.79 Å². The van der Waals surface area contributed by atoms with Crippen LogP contribution in [0.25, 0.3) is 0 Å². The second-order valence-electron chi connectivity index (χ2n) is 4.19. The van der Waals surface area contributed by atoms with E-state index in [0.717, 1.165) is 20.9 Å². The van der Waals surface area contributed by atoms with Gasteiger partial charge in [0, 0.05) is 33.3 Å². The summed E-state index contributed by atoms with van der Waals surface area (Å²) < 4.78 is 0. The Morgan fingerprint density at radius 2 is 1.10 bits per heavy atom. The molecule has 0 aliphatic rings. The van der Waals surface area contributed by atoms with Crippen LogP contribution >= 0.6 is 25.3 Å². The SMILES string of the molecule is Sc1ccccc1C=NCCN=Cc1ccccc1S. The Morgan fingerprint density at radius 1 is 0.700 bits per heavy atom. The molecule has 2 rings (SSSR count). The van der Waals surface area contributed by atoms with E-state index in [9.17, 15) is 0 Å². The van der Waals surface area contributed by atoms with Crippen molar-refractivity contribution in [2.75, 3.05) is 13.1 Å². The number of nitrogens with zero attached hydrogens (tertiary/aromatic N) is 2. The van der Waals surface area contributed by atoms with Gasteiger partial charge in [0.1, 0.15) is 0 Å². The van der Waals surface area contributed by atoms with Gasteiger partial charge in [-0.05, 0) is 12.1 Å². The number of hydrogen-bond acceptors (Lipinski definition) is 4. The maximum atomic E-state index is 4.37. The molecular formula is C16H16N2S2. The first kappa shape index (κ1) is 14.9. The fraction of sp³-hybridized carbons (Fsp3) is 0.125. The molecule has 20 heavy (non-hydrogen) atoms. The predicted octanol–water partition coefficient (Wildman–Crippen LogP) is 3.80. The van der Waals surface area contributed by atoms with Gasteiger partial charge < -0.3 is 0 Å². The third-order valence-electron chi connectivity index (χ3n) is 2.69. The molecule has 0 saturated heterocycles. The summed E-state index contributed by atoms with van der Waals surface area (Å²) in [5.41, 5.74) is 2.06. The first-order chi connectivity index (χ1) is 9.77. The third-order valence-corrected chi connectivity index (χ3v) is 3.51. The fourth-order valence-electron chi connectivity index (χ4n) is 1.63. The zero-order valence-electron chi connectivity index (χ0n) is 11.0. The molecule has 0 unspecified atom stereocenters. The van der Waals surface area contributed by atoms with Crippen molar-refractivity contribution in [3.63, 3.8) is 0 Å². The van der Waals surface area contributed by atoms with Crippen molar-refractivity contribution in [1.82, 2.24) is 0 Å². The first-order valence-electron chi connectivity index (χ1n) is 6.33. The molecule has 0 aromatic heterocycles. The maximum Gasteiger partial charge on any atom is 0.0585 e. The maximum absolute atomic E-state index is 4.37. The Kier molecular flexibility index (Phi) is 5.89. The number of thiol groups is 2. The van der Waals surface area contributed by atoms with Crippen LogP contribution in [0.3, 0.4) is 0 Å². The highest BCUT2D eigenvalue weighted by Gasteiger charge is 1.93. The summed E-state index contributed by atoms with van der Waals surface area (Å²) in [6, 6.07) is 15.8. The van der Waals surface area contributed by atoms with E-state index in [1.165, 1.54) is 0 Å². The molecule has 2 aromatic rings. The molecule has 0 radical (unpaired) electrons. The second-order valence-corrected chi connectivity index (χ2v) is 5.15. The molecule has 0 amide bonds. The number of aliphatic imine (C=N–C) groups is 2. The zero-order valence-corrected chi connectivity index (χ0v) is 12.8. The Bertz CT molecular complexity index is 566. The molecule has 4 heteroatoms. The van der Waals surface area contributed by atoms with Gasteiger partial charge in [0.25, 0.3) is 0 Å². The van der Waals surface area contributed by atoms with Crippen LogP contribution in [-0.2, 0) is 0 Å². The predicted molar refractivity (Wildman–Crippen MR) is 92.3 cm³/mol. The molecular weight excluding hydrogens is 284 g/mol. The van der Waals surface area contributed by atoms with Crippen LogP contribution in [0.15, 0.2) is 68.3 Å². The summed E-state index contributed by atoms with van der Waals surface area (Å²) in [7, 11) is 0. The molecule has 2 nitrogen and oxygen atoms in total. The summed E-state index contributed by atoms with van der Waals surface area (Å²) in [6.07, 6.45) is 3.68. The summed E-state index contributed by atoms with van der Waals surface area (Å²) in [5.74, 6) is 0. The standard InChI is InChI=1S/C16H16N2S2/c19-15-7-3-1-5-13(15)11-17-9-10-18-12-14-6-2-4-8-16(14)20/h1-8,11-12,19-20H,9-10H2. The monoisotopic (exact) mass is 300 g/mol. The molecule has 0 aliphatic carbocycles. The zero-order chi connectivity index (χ0) is 14.2. The van der Waals surface area contributed by atoms with Crippen molar-refractivity contribution in [1.29, 1.82) is 0 Å². The molecule has 0 bridgehead atoms. The lowest BCUT2D eigenvalue weighted by Gasteiger charge is -1.97. The van der Waals surface area contributed by atoms with Gasteiger partial charge in [-0.1, -0.05) is 36.4 Å². The molecule has 0 aliphatic heterocycles. The Balaban J connectivity index is 1.82. The molecule has 0 fully saturated rings. The topological polar surface area (TPSA) is 24.7 Å². The van der Waals surface area contributed by atoms with Gasteiger partial charge in [-0.2, -0.15) is 0 Å². The van der Waals surface area contributed by atoms with Gasteiger partial charge in [0.2, 0.25) is 0 Å². The van der Waals surface area contributed by atoms with E-state index in [2.05, 4.69) is 35.2 Å². The van der Waals surface area contributed by atoms with Crippen molar-refractivity contribution in [3.05, 3.63) is 59.7 Å². The highest BCUT2D eigenvalue weighted by atomic mass is 32.1. The largest absolute Gasteiger partial charge is 0.291 e. The van der Waals surface area contributed by atoms with Gasteiger partial charge in [0.05, 0.1) is 13.1 Å². The van der Waals surface area contributed by atoms with E-state index in [1.54, 1.807) is 0 Å².